The summed E-state index contributed by atoms with van der Waals surface area (Å²) in [6.07, 6.45) is -2.52. The Balaban J connectivity index is 1.70. The molecule has 0 unspecified atom stereocenters. The summed E-state index contributed by atoms with van der Waals surface area (Å²) in [7, 11) is 0. The van der Waals surface area contributed by atoms with Gasteiger partial charge in [-0.1, -0.05) is 37.1 Å². The molecule has 0 aromatic heterocycles. The van der Waals surface area contributed by atoms with Crippen molar-refractivity contribution in [2.24, 2.45) is 5.92 Å². The van der Waals surface area contributed by atoms with E-state index < -0.39 is 34.2 Å². The Morgan fingerprint density at radius 1 is 1.15 bits per heavy atom. The number of piperidine rings is 1. The third-order valence-corrected chi connectivity index (χ3v) is 7.85. The minimum Gasteiger partial charge on any atom is -0.492 e. The number of hydrogen-bond donors (Lipinski definition) is 3. The Bertz CT molecular complexity index is 1270. The molecule has 2 aromatic rings. The number of benzene rings is 2. The quantitative estimate of drug-likeness (QED) is 0.209. The number of aliphatic carboxylic acids is 1. The van der Waals surface area contributed by atoms with Gasteiger partial charge >= 0.3 is 12.1 Å². The molecule has 0 radical (unpaired) electrons. The Hall–Kier alpha value is -3.09. The van der Waals surface area contributed by atoms with Crippen molar-refractivity contribution in [2.45, 2.75) is 38.8 Å². The number of thioether (sulfide) groups is 1. The molecule has 1 amide bonds. The van der Waals surface area contributed by atoms with Crippen molar-refractivity contribution in [3.63, 3.8) is 0 Å². The Labute approximate surface area is 245 Å². The van der Waals surface area contributed by atoms with E-state index in [9.17, 15) is 22.8 Å². The van der Waals surface area contributed by atoms with E-state index in [1.807, 2.05) is 11.8 Å². The number of amides is 1. The van der Waals surface area contributed by atoms with Gasteiger partial charge in [0, 0.05) is 18.7 Å². The highest BCUT2D eigenvalue weighted by molar-refractivity contribution is 8.26. The van der Waals surface area contributed by atoms with Crippen LogP contribution in [0.4, 0.5) is 13.2 Å². The van der Waals surface area contributed by atoms with Crippen molar-refractivity contribution >= 4 is 45.5 Å². The van der Waals surface area contributed by atoms with Crippen LogP contribution in [0, 0.1) is 16.7 Å². The van der Waals surface area contributed by atoms with Gasteiger partial charge in [0.1, 0.15) is 17.4 Å². The maximum atomic E-state index is 14.0. The molecular formula is C28H32ClF3N4O4S. The lowest BCUT2D eigenvalue weighted by atomic mass is 9.97. The molecule has 1 aliphatic heterocycles. The highest BCUT2D eigenvalue weighted by atomic mass is 35.5. The topological polar surface area (TPSA) is 118 Å². The zero-order chi connectivity index (χ0) is 30.2. The number of likely N-dealkylation sites (tertiary alicyclic amines) is 1. The van der Waals surface area contributed by atoms with Crippen LogP contribution in [0.2, 0.25) is 5.02 Å². The number of carbonyl (C=O) groups is 2. The van der Waals surface area contributed by atoms with E-state index >= 15 is 0 Å². The standard InChI is InChI=1S/C28H32ClF3N4O4S/c1-2-3-12-36(25(37)21-6-4-5-7-23(21)29)27(34)41-24(33)20-9-8-19(17-22(20)28(30,31)32)40-16-15-35-13-10-18(11-14-35)26(38)39/h4-9,17-18,33-34H,2-3,10-16H2,1H3,(H,38,39). The van der Waals surface area contributed by atoms with Crippen molar-refractivity contribution in [3.05, 3.63) is 64.2 Å². The molecule has 0 atom stereocenters. The first kappa shape index (κ1) is 32.4. The summed E-state index contributed by atoms with van der Waals surface area (Å²) in [4.78, 5) is 27.4. The number of alkyl halides is 3. The molecule has 3 N–H and O–H groups in total. The summed E-state index contributed by atoms with van der Waals surface area (Å²) in [5.74, 6) is -1.79. The summed E-state index contributed by atoms with van der Waals surface area (Å²) in [6, 6.07) is 9.61. The van der Waals surface area contributed by atoms with Gasteiger partial charge in [-0.3, -0.25) is 30.2 Å². The molecule has 1 aliphatic rings. The fraction of sp³-hybridized carbons (Fsp3) is 0.429. The first-order chi connectivity index (χ1) is 19.4. The molecule has 0 aliphatic carbocycles. The summed E-state index contributed by atoms with van der Waals surface area (Å²) >= 11 is 6.61. The second-order valence-electron chi connectivity index (χ2n) is 9.53. The van der Waals surface area contributed by atoms with Crippen molar-refractivity contribution < 1.29 is 32.6 Å². The zero-order valence-corrected chi connectivity index (χ0v) is 24.0. The lowest BCUT2D eigenvalue weighted by Gasteiger charge is -2.29. The van der Waals surface area contributed by atoms with Gasteiger partial charge in [-0.15, -0.1) is 0 Å². The Morgan fingerprint density at radius 2 is 1.83 bits per heavy atom. The lowest BCUT2D eigenvalue weighted by molar-refractivity contribution is -0.143. The first-order valence-electron chi connectivity index (χ1n) is 13.1. The number of amidine groups is 1. The molecule has 0 saturated carbocycles. The van der Waals surface area contributed by atoms with E-state index in [2.05, 4.69) is 0 Å². The van der Waals surface area contributed by atoms with Gasteiger partial charge in [0.05, 0.1) is 22.1 Å². The van der Waals surface area contributed by atoms with E-state index in [-0.39, 0.29) is 40.6 Å². The maximum absolute atomic E-state index is 14.0. The van der Waals surface area contributed by atoms with Crippen molar-refractivity contribution in [3.8, 4) is 5.75 Å². The second kappa shape index (κ2) is 14.7. The van der Waals surface area contributed by atoms with Crippen molar-refractivity contribution in [1.82, 2.24) is 9.80 Å². The predicted molar refractivity (Wildman–Crippen MR) is 153 cm³/mol. The first-order valence-corrected chi connectivity index (χ1v) is 14.3. The minimum atomic E-state index is -4.79. The van der Waals surface area contributed by atoms with Gasteiger partial charge in [-0.05, 0) is 74.4 Å². The molecule has 3 rings (SSSR count). The number of halogens is 4. The normalized spacial score (nSPS) is 14.5. The monoisotopic (exact) mass is 612 g/mol. The average molecular weight is 613 g/mol. The number of carboxylic acids is 1. The van der Waals surface area contributed by atoms with E-state index in [0.29, 0.717) is 57.1 Å². The van der Waals surface area contributed by atoms with Gasteiger partial charge in [-0.25, -0.2) is 0 Å². The zero-order valence-electron chi connectivity index (χ0n) is 22.5. The van der Waals surface area contributed by atoms with Gasteiger partial charge < -0.3 is 9.84 Å². The van der Waals surface area contributed by atoms with Gasteiger partial charge in [0.15, 0.2) is 5.17 Å². The van der Waals surface area contributed by atoms with Crippen LogP contribution in [0.15, 0.2) is 42.5 Å². The van der Waals surface area contributed by atoms with E-state index in [1.165, 1.54) is 18.2 Å². The highest BCUT2D eigenvalue weighted by Gasteiger charge is 2.36. The molecule has 2 aromatic carbocycles. The van der Waals surface area contributed by atoms with Crippen LogP contribution >= 0.6 is 23.4 Å². The maximum Gasteiger partial charge on any atom is 0.417 e. The van der Waals surface area contributed by atoms with E-state index in [0.717, 1.165) is 17.0 Å². The average Bonchev–Trinajstić information content (AvgIpc) is 2.93. The number of unbranched alkanes of at least 4 members (excludes halogenated alkanes) is 1. The number of rotatable bonds is 10. The second-order valence-corrected chi connectivity index (χ2v) is 10.9. The van der Waals surface area contributed by atoms with Crippen LogP contribution in [-0.2, 0) is 11.0 Å². The van der Waals surface area contributed by atoms with Crippen molar-refractivity contribution in [1.29, 1.82) is 10.8 Å². The molecule has 1 heterocycles. The van der Waals surface area contributed by atoms with Crippen LogP contribution in [0.3, 0.4) is 0 Å². The third kappa shape index (κ3) is 8.95. The number of nitrogens with zero attached hydrogens (tertiary/aromatic N) is 2. The molecule has 13 heteroatoms. The summed E-state index contributed by atoms with van der Waals surface area (Å²) < 4.78 is 47.6. The summed E-state index contributed by atoms with van der Waals surface area (Å²) in [6.45, 7) is 3.74. The van der Waals surface area contributed by atoms with Gasteiger partial charge in [-0.2, -0.15) is 13.2 Å². The van der Waals surface area contributed by atoms with Crippen LogP contribution in [0.1, 0.15) is 54.1 Å². The molecule has 41 heavy (non-hydrogen) atoms. The third-order valence-electron chi connectivity index (χ3n) is 6.68. The molecule has 0 spiro atoms. The minimum absolute atomic E-state index is 0.0205. The number of nitrogens with one attached hydrogen (secondary N) is 2. The molecule has 8 nitrogen and oxygen atoms in total. The SMILES string of the molecule is CCCCN(C(=N)SC(=N)c1ccc(OCCN2CCC(C(=O)O)CC2)cc1C(F)(F)F)C(=O)c1ccccc1Cl. The number of carbonyl (C=O) groups excluding carboxylic acids is 1. The van der Waals surface area contributed by atoms with E-state index in [4.69, 9.17) is 32.3 Å². The Morgan fingerprint density at radius 3 is 2.44 bits per heavy atom. The highest BCUT2D eigenvalue weighted by Crippen LogP contribution is 2.36. The molecular weight excluding hydrogens is 581 g/mol. The summed E-state index contributed by atoms with van der Waals surface area (Å²) in [5.41, 5.74) is -1.36. The fourth-order valence-corrected chi connectivity index (χ4v) is 5.32. The Kier molecular flexibility index (Phi) is 11.6. The largest absolute Gasteiger partial charge is 0.492 e. The molecule has 222 valence electrons. The summed E-state index contributed by atoms with van der Waals surface area (Å²) in [5, 5.41) is 25.3. The van der Waals surface area contributed by atoms with E-state index in [1.54, 1.807) is 12.1 Å². The van der Waals surface area contributed by atoms with Crippen molar-refractivity contribution in [2.75, 3.05) is 32.8 Å². The number of hydrogen-bond acceptors (Lipinski definition) is 7. The van der Waals surface area contributed by atoms with Gasteiger partial charge in [0.2, 0.25) is 0 Å². The molecule has 0 bridgehead atoms. The number of ether oxygens (including phenoxy) is 1. The van der Waals surface area contributed by atoms with Crippen LogP contribution in [-0.4, -0.2) is 69.8 Å². The molecule has 1 saturated heterocycles. The smallest absolute Gasteiger partial charge is 0.417 e. The van der Waals surface area contributed by atoms with Gasteiger partial charge in [0.25, 0.3) is 5.91 Å². The molecule has 1 fully saturated rings. The lowest BCUT2D eigenvalue weighted by Crippen LogP contribution is -2.38. The van der Waals surface area contributed by atoms with Crippen LogP contribution in [0.5, 0.6) is 5.75 Å². The predicted octanol–water partition coefficient (Wildman–Crippen LogP) is 6.47. The number of carboxylic acid groups (broad SMARTS) is 1. The van der Waals surface area contributed by atoms with Crippen LogP contribution < -0.4 is 4.74 Å². The van der Waals surface area contributed by atoms with Crippen LogP contribution in [0.25, 0.3) is 0 Å². The fourth-order valence-electron chi connectivity index (χ4n) is 4.34.